The summed E-state index contributed by atoms with van der Waals surface area (Å²) in [5, 5.41) is 3.11. The Hall–Kier alpha value is -3.19. The van der Waals surface area contributed by atoms with E-state index in [4.69, 9.17) is 14.2 Å². The van der Waals surface area contributed by atoms with E-state index in [1.165, 1.54) is 12.1 Å². The van der Waals surface area contributed by atoms with Gasteiger partial charge in [-0.1, -0.05) is 0 Å². The number of amides is 1. The Morgan fingerprint density at radius 1 is 1.12 bits per heavy atom. The molecule has 134 valence electrons. The Morgan fingerprint density at radius 2 is 2.00 bits per heavy atom. The summed E-state index contributed by atoms with van der Waals surface area (Å²) in [5.41, 5.74) is 1.01. The molecule has 0 saturated carbocycles. The Kier molecular flexibility index (Phi) is 5.60. The monoisotopic (exact) mass is 356 g/mol. The summed E-state index contributed by atoms with van der Waals surface area (Å²) in [6.07, 6.45) is 2.06. The zero-order valence-corrected chi connectivity index (χ0v) is 14.1. The van der Waals surface area contributed by atoms with Gasteiger partial charge in [0.25, 0.3) is 0 Å². The molecule has 0 atom stereocenters. The van der Waals surface area contributed by atoms with Gasteiger partial charge in [0, 0.05) is 36.5 Å². The van der Waals surface area contributed by atoms with Gasteiger partial charge in [-0.3, -0.25) is 9.78 Å². The van der Waals surface area contributed by atoms with Gasteiger partial charge in [-0.25, -0.2) is 4.39 Å². The van der Waals surface area contributed by atoms with Crippen LogP contribution in [0.1, 0.15) is 0 Å². The molecule has 0 aliphatic heterocycles. The van der Waals surface area contributed by atoms with E-state index in [0.29, 0.717) is 42.3 Å². The molecule has 0 fully saturated rings. The average Bonchev–Trinajstić information content (AvgIpc) is 2.64. The number of aromatic nitrogens is 1. The molecule has 2 aromatic carbocycles. The standard InChI is InChI=1S/C19H17FN2O4/c1-24-8-9-25-14-3-4-15-17(11-14)21-7-6-18(15)26-19-5-2-13(22-12-23)10-16(19)20/h2-7,10-12H,8-9H2,1H3,(H,22,23). The first-order valence-electron chi connectivity index (χ1n) is 7.89. The number of fused-ring (bicyclic) bond motifs is 1. The first-order valence-corrected chi connectivity index (χ1v) is 7.89. The second-order valence-electron chi connectivity index (χ2n) is 5.34. The largest absolute Gasteiger partial charge is 0.491 e. The van der Waals surface area contributed by atoms with Gasteiger partial charge in [-0.15, -0.1) is 0 Å². The van der Waals surface area contributed by atoms with E-state index < -0.39 is 5.82 Å². The molecule has 0 unspecified atom stereocenters. The smallest absolute Gasteiger partial charge is 0.211 e. The Labute approximate surface area is 149 Å². The normalized spacial score (nSPS) is 10.5. The molecule has 3 aromatic rings. The van der Waals surface area contributed by atoms with Crippen LogP contribution in [0.3, 0.4) is 0 Å². The molecule has 1 aromatic heterocycles. The number of pyridine rings is 1. The number of halogens is 1. The minimum atomic E-state index is -0.582. The highest BCUT2D eigenvalue weighted by molar-refractivity contribution is 5.86. The third-order valence-electron chi connectivity index (χ3n) is 3.61. The third kappa shape index (κ3) is 4.07. The summed E-state index contributed by atoms with van der Waals surface area (Å²) >= 11 is 0. The number of benzene rings is 2. The van der Waals surface area contributed by atoms with Gasteiger partial charge in [0.05, 0.1) is 12.1 Å². The van der Waals surface area contributed by atoms with Crippen molar-refractivity contribution in [3.05, 3.63) is 54.5 Å². The third-order valence-corrected chi connectivity index (χ3v) is 3.61. The fraction of sp³-hybridized carbons (Fsp3) is 0.158. The Balaban J connectivity index is 1.85. The lowest BCUT2D eigenvalue weighted by atomic mass is 10.2. The maximum Gasteiger partial charge on any atom is 0.211 e. The summed E-state index contributed by atoms with van der Waals surface area (Å²) in [5.74, 6) is 0.596. The molecule has 6 nitrogen and oxygen atoms in total. The number of anilines is 1. The van der Waals surface area contributed by atoms with Gasteiger partial charge in [0.15, 0.2) is 11.6 Å². The van der Waals surface area contributed by atoms with Crippen LogP contribution in [-0.2, 0) is 9.53 Å². The van der Waals surface area contributed by atoms with Gasteiger partial charge in [0.1, 0.15) is 18.1 Å². The molecule has 3 rings (SSSR count). The van der Waals surface area contributed by atoms with E-state index in [1.54, 1.807) is 43.6 Å². The van der Waals surface area contributed by atoms with Crippen LogP contribution in [0.25, 0.3) is 10.9 Å². The van der Waals surface area contributed by atoms with E-state index in [-0.39, 0.29) is 5.75 Å². The van der Waals surface area contributed by atoms with Crippen LogP contribution in [0, 0.1) is 5.82 Å². The Bertz CT molecular complexity index is 917. The number of hydrogen-bond donors (Lipinski definition) is 1. The summed E-state index contributed by atoms with van der Waals surface area (Å²) in [6.45, 7) is 0.924. The van der Waals surface area contributed by atoms with Crippen molar-refractivity contribution in [2.24, 2.45) is 0 Å². The zero-order chi connectivity index (χ0) is 18.4. The average molecular weight is 356 g/mol. The summed E-state index contributed by atoms with van der Waals surface area (Å²) in [4.78, 5) is 14.7. The molecule has 0 radical (unpaired) electrons. The van der Waals surface area contributed by atoms with Crippen molar-refractivity contribution >= 4 is 23.0 Å². The molecule has 0 saturated heterocycles. The highest BCUT2D eigenvalue weighted by Gasteiger charge is 2.10. The summed E-state index contributed by atoms with van der Waals surface area (Å²) in [7, 11) is 1.61. The predicted octanol–water partition coefficient (Wildman–Crippen LogP) is 3.76. The molecule has 0 bridgehead atoms. The molecule has 1 N–H and O–H groups in total. The van der Waals surface area contributed by atoms with E-state index in [0.717, 1.165) is 5.39 Å². The molecule has 1 heterocycles. The van der Waals surface area contributed by atoms with Crippen molar-refractivity contribution in [2.75, 3.05) is 25.6 Å². The Morgan fingerprint density at radius 3 is 2.77 bits per heavy atom. The van der Waals surface area contributed by atoms with Crippen LogP contribution in [0.15, 0.2) is 48.7 Å². The van der Waals surface area contributed by atoms with Crippen molar-refractivity contribution in [1.82, 2.24) is 4.98 Å². The molecular weight excluding hydrogens is 339 g/mol. The van der Waals surface area contributed by atoms with Gasteiger partial charge in [0.2, 0.25) is 6.41 Å². The first kappa shape index (κ1) is 17.6. The maximum atomic E-state index is 14.2. The van der Waals surface area contributed by atoms with Crippen LogP contribution in [0.4, 0.5) is 10.1 Å². The summed E-state index contributed by atoms with van der Waals surface area (Å²) < 4.78 is 30.4. The highest BCUT2D eigenvalue weighted by atomic mass is 19.1. The number of nitrogens with zero attached hydrogens (tertiary/aromatic N) is 1. The fourth-order valence-electron chi connectivity index (χ4n) is 2.38. The molecular formula is C19H17FN2O4. The van der Waals surface area contributed by atoms with Crippen molar-refractivity contribution in [1.29, 1.82) is 0 Å². The SMILES string of the molecule is COCCOc1ccc2c(Oc3ccc(NC=O)cc3F)ccnc2c1. The number of carbonyl (C=O) groups excluding carboxylic acids is 1. The number of carbonyl (C=O) groups is 1. The number of rotatable bonds is 8. The van der Waals surface area contributed by atoms with Crippen molar-refractivity contribution < 1.29 is 23.4 Å². The lowest BCUT2D eigenvalue weighted by molar-refractivity contribution is -0.105. The zero-order valence-electron chi connectivity index (χ0n) is 14.1. The number of nitrogens with one attached hydrogen (secondary N) is 1. The topological polar surface area (TPSA) is 69.7 Å². The van der Waals surface area contributed by atoms with E-state index in [2.05, 4.69) is 10.3 Å². The number of hydrogen-bond acceptors (Lipinski definition) is 5. The maximum absolute atomic E-state index is 14.2. The molecule has 7 heteroatoms. The quantitative estimate of drug-likeness (QED) is 0.492. The number of ether oxygens (including phenoxy) is 3. The highest BCUT2D eigenvalue weighted by Crippen LogP contribution is 2.32. The van der Waals surface area contributed by atoms with Crippen molar-refractivity contribution in [2.45, 2.75) is 0 Å². The number of methoxy groups -OCH3 is 1. The second kappa shape index (κ2) is 8.26. The van der Waals surface area contributed by atoms with Crippen LogP contribution in [-0.4, -0.2) is 31.7 Å². The minimum absolute atomic E-state index is 0.0503. The van der Waals surface area contributed by atoms with E-state index >= 15 is 0 Å². The predicted molar refractivity (Wildman–Crippen MR) is 95.3 cm³/mol. The van der Waals surface area contributed by atoms with E-state index in [1.807, 2.05) is 0 Å². The van der Waals surface area contributed by atoms with Crippen LogP contribution < -0.4 is 14.8 Å². The molecule has 26 heavy (non-hydrogen) atoms. The van der Waals surface area contributed by atoms with Gasteiger partial charge >= 0.3 is 0 Å². The van der Waals surface area contributed by atoms with Crippen LogP contribution in [0.5, 0.6) is 17.2 Å². The molecule has 1 amide bonds. The van der Waals surface area contributed by atoms with Crippen LogP contribution >= 0.6 is 0 Å². The van der Waals surface area contributed by atoms with Crippen molar-refractivity contribution in [3.8, 4) is 17.2 Å². The molecule has 0 aliphatic carbocycles. The minimum Gasteiger partial charge on any atom is -0.491 e. The summed E-state index contributed by atoms with van der Waals surface area (Å²) in [6, 6.07) is 11.2. The van der Waals surface area contributed by atoms with Gasteiger partial charge in [-0.05, 0) is 30.3 Å². The molecule has 0 aliphatic rings. The van der Waals surface area contributed by atoms with E-state index in [9.17, 15) is 9.18 Å². The first-order chi connectivity index (χ1) is 12.7. The lowest BCUT2D eigenvalue weighted by Gasteiger charge is -2.11. The second-order valence-corrected chi connectivity index (χ2v) is 5.34. The van der Waals surface area contributed by atoms with Crippen molar-refractivity contribution in [3.63, 3.8) is 0 Å². The lowest BCUT2D eigenvalue weighted by Crippen LogP contribution is -2.04. The van der Waals surface area contributed by atoms with Gasteiger partial charge < -0.3 is 19.5 Å². The molecule has 0 spiro atoms. The van der Waals surface area contributed by atoms with Crippen LogP contribution in [0.2, 0.25) is 0 Å². The van der Waals surface area contributed by atoms with Gasteiger partial charge in [-0.2, -0.15) is 0 Å². The fourth-order valence-corrected chi connectivity index (χ4v) is 2.38.